The van der Waals surface area contributed by atoms with Gasteiger partial charge in [-0.1, -0.05) is 31.2 Å². The van der Waals surface area contributed by atoms with Gasteiger partial charge in [0.15, 0.2) is 12.1 Å². The number of ketones is 2. The smallest absolute Gasteiger partial charge is 0.271 e. The van der Waals surface area contributed by atoms with Crippen LogP contribution in [0.3, 0.4) is 0 Å². The summed E-state index contributed by atoms with van der Waals surface area (Å²) in [7, 11) is 1.35. The Hall–Kier alpha value is -4.66. The lowest BCUT2D eigenvalue weighted by molar-refractivity contribution is -0.245. The highest BCUT2D eigenvalue weighted by Crippen LogP contribution is 2.52. The number of phenolic OH excluding ortho intramolecular Hbond substituents is 2. The number of carbonyl (C=O) groups excluding carboxylic acids is 3. The number of benzene rings is 3. The van der Waals surface area contributed by atoms with Gasteiger partial charge in [0.05, 0.1) is 47.8 Å². The molecule has 1 saturated heterocycles. The Labute approximate surface area is 282 Å². The number of phenols is 2. The van der Waals surface area contributed by atoms with Gasteiger partial charge in [0.1, 0.15) is 22.8 Å². The fourth-order valence-corrected chi connectivity index (χ4v) is 6.86. The van der Waals surface area contributed by atoms with Gasteiger partial charge in [-0.2, -0.15) is 5.10 Å². The van der Waals surface area contributed by atoms with E-state index < -0.39 is 76.3 Å². The summed E-state index contributed by atoms with van der Waals surface area (Å²) in [4.78, 5) is 40.7. The lowest BCUT2D eigenvalue weighted by Gasteiger charge is -2.42. The number of fused-ring (bicyclic) bond motifs is 3. The standard InChI is InChI=1S/C36H39N3O10/c1-5-18-9-11-19(12-10-18)35(45)39-38-17(3)36(46)14-21-27(24(15-36)49-25-13-22(37)30(40)16(2)48-25)34(44)29-28(32(21)42)31(41)20-7-6-8-23(47-4)26(20)33(29)43/h6-12,16,22,24-25,30,40,42,44,46H,5,13-15,37H2,1-4H3,(H,39,45)/t16?,22?,24-,25?,30?,36-/m0/s1. The average molecular weight is 674 g/mol. The zero-order chi connectivity index (χ0) is 35.4. The second kappa shape index (κ2) is 13.0. The van der Waals surface area contributed by atoms with Crippen molar-refractivity contribution in [2.45, 2.75) is 82.7 Å². The molecule has 1 heterocycles. The van der Waals surface area contributed by atoms with E-state index in [0.29, 0.717) is 5.56 Å². The van der Waals surface area contributed by atoms with Crippen molar-refractivity contribution in [2.24, 2.45) is 10.8 Å². The number of amides is 1. The van der Waals surface area contributed by atoms with Crippen molar-refractivity contribution in [3.8, 4) is 17.2 Å². The molecule has 0 radical (unpaired) electrons. The molecule has 3 aromatic carbocycles. The third-order valence-electron chi connectivity index (χ3n) is 9.77. The van der Waals surface area contributed by atoms with Crippen LogP contribution in [0.15, 0.2) is 47.6 Å². The number of nitrogens with two attached hydrogens (primary N) is 1. The van der Waals surface area contributed by atoms with Crippen LogP contribution in [0.4, 0.5) is 0 Å². The number of nitrogens with one attached hydrogen (secondary N) is 1. The number of aliphatic hydroxyl groups is 2. The van der Waals surface area contributed by atoms with E-state index in [2.05, 4.69) is 10.5 Å². The van der Waals surface area contributed by atoms with Crippen molar-refractivity contribution in [1.29, 1.82) is 0 Å². The Morgan fingerprint density at radius 1 is 1.08 bits per heavy atom. The monoisotopic (exact) mass is 673 g/mol. The number of aromatic hydroxyl groups is 2. The van der Waals surface area contributed by atoms with Crippen molar-refractivity contribution in [2.75, 3.05) is 7.11 Å². The average Bonchev–Trinajstić information content (AvgIpc) is 3.09. The Morgan fingerprint density at radius 2 is 1.78 bits per heavy atom. The largest absolute Gasteiger partial charge is 0.507 e. The molecule has 0 aromatic heterocycles. The second-order valence-corrected chi connectivity index (χ2v) is 12.8. The summed E-state index contributed by atoms with van der Waals surface area (Å²) in [5, 5.41) is 50.2. The second-order valence-electron chi connectivity index (χ2n) is 12.8. The van der Waals surface area contributed by atoms with E-state index in [9.17, 15) is 34.8 Å². The first-order valence-electron chi connectivity index (χ1n) is 16.1. The van der Waals surface area contributed by atoms with Crippen LogP contribution in [0.2, 0.25) is 0 Å². The van der Waals surface area contributed by atoms with Gasteiger partial charge in [0.25, 0.3) is 5.91 Å². The molecular weight excluding hydrogens is 634 g/mol. The molecule has 0 bridgehead atoms. The first-order valence-corrected chi connectivity index (χ1v) is 16.1. The van der Waals surface area contributed by atoms with Crippen molar-refractivity contribution in [3.05, 3.63) is 87.0 Å². The molecule has 6 atom stereocenters. The van der Waals surface area contributed by atoms with Crippen LogP contribution in [0.5, 0.6) is 17.2 Å². The molecule has 3 aromatic rings. The van der Waals surface area contributed by atoms with E-state index in [1.807, 2.05) is 19.1 Å². The molecule has 13 heteroatoms. The number of rotatable bonds is 7. The SMILES string of the molecule is CCc1ccc(C(=O)NN=C(C)[C@]2(O)Cc3c(O)c4c(c(O)c3[C@@H](OC3CC(N)C(O)C(C)O3)C2)C(=O)c2c(OC)cccc2C4=O)cc1. The molecule has 4 unspecified atom stereocenters. The van der Waals surface area contributed by atoms with Crippen LogP contribution < -0.4 is 15.9 Å². The molecule has 0 saturated carbocycles. The van der Waals surface area contributed by atoms with Crippen LogP contribution >= 0.6 is 0 Å². The maximum atomic E-state index is 13.9. The maximum Gasteiger partial charge on any atom is 0.271 e. The van der Waals surface area contributed by atoms with Gasteiger partial charge in [-0.3, -0.25) is 14.4 Å². The van der Waals surface area contributed by atoms with Gasteiger partial charge in [-0.25, -0.2) is 5.43 Å². The van der Waals surface area contributed by atoms with E-state index >= 15 is 0 Å². The number of ether oxygens (including phenoxy) is 3. The molecule has 7 N–H and O–H groups in total. The van der Waals surface area contributed by atoms with Crippen molar-refractivity contribution >= 4 is 23.2 Å². The molecule has 6 rings (SSSR count). The van der Waals surface area contributed by atoms with Gasteiger partial charge in [0, 0.05) is 47.6 Å². The van der Waals surface area contributed by atoms with Crippen LogP contribution in [0.25, 0.3) is 0 Å². The number of carbonyl (C=O) groups is 3. The number of methoxy groups -OCH3 is 1. The molecule has 49 heavy (non-hydrogen) atoms. The Kier molecular flexibility index (Phi) is 9.07. The third-order valence-corrected chi connectivity index (χ3v) is 9.77. The number of aryl methyl sites for hydroxylation is 1. The van der Waals surface area contributed by atoms with Gasteiger partial charge < -0.3 is 40.4 Å². The molecule has 1 fully saturated rings. The summed E-state index contributed by atoms with van der Waals surface area (Å²) in [6.45, 7) is 5.11. The zero-order valence-corrected chi connectivity index (χ0v) is 27.5. The number of hydrazone groups is 1. The van der Waals surface area contributed by atoms with E-state index in [0.717, 1.165) is 12.0 Å². The first kappa shape index (κ1) is 34.2. The topological polar surface area (TPSA) is 210 Å². The molecule has 0 spiro atoms. The molecule has 2 aliphatic carbocycles. The maximum absolute atomic E-state index is 13.9. The summed E-state index contributed by atoms with van der Waals surface area (Å²) in [5.41, 5.74) is 7.17. The summed E-state index contributed by atoms with van der Waals surface area (Å²) >= 11 is 0. The Morgan fingerprint density at radius 3 is 2.43 bits per heavy atom. The highest BCUT2D eigenvalue weighted by molar-refractivity contribution is 6.31. The minimum atomic E-state index is -1.89. The van der Waals surface area contributed by atoms with Crippen LogP contribution in [-0.4, -0.2) is 80.9 Å². The lowest BCUT2D eigenvalue weighted by atomic mass is 9.71. The highest BCUT2D eigenvalue weighted by atomic mass is 16.7. The lowest BCUT2D eigenvalue weighted by Crippen LogP contribution is -2.52. The van der Waals surface area contributed by atoms with E-state index in [4.69, 9.17) is 19.9 Å². The number of nitrogens with zero attached hydrogens (tertiary/aromatic N) is 1. The predicted octanol–water partition coefficient (Wildman–Crippen LogP) is 2.81. The van der Waals surface area contributed by atoms with Gasteiger partial charge in [-0.15, -0.1) is 0 Å². The number of aliphatic hydroxyl groups excluding tert-OH is 1. The molecule has 1 amide bonds. The highest BCUT2D eigenvalue weighted by Gasteiger charge is 2.49. The number of hydrogen-bond acceptors (Lipinski definition) is 12. The van der Waals surface area contributed by atoms with Crippen LogP contribution in [-0.2, 0) is 22.3 Å². The molecule has 1 aliphatic heterocycles. The van der Waals surface area contributed by atoms with E-state index in [1.54, 1.807) is 19.1 Å². The van der Waals surface area contributed by atoms with Crippen molar-refractivity contribution < 1.29 is 49.0 Å². The predicted molar refractivity (Wildman–Crippen MR) is 176 cm³/mol. The summed E-state index contributed by atoms with van der Waals surface area (Å²) in [5.74, 6) is -3.07. The first-order chi connectivity index (χ1) is 23.3. The quantitative estimate of drug-likeness (QED) is 0.0954. The molecule has 13 nitrogen and oxygen atoms in total. The Balaban J connectivity index is 1.43. The number of hydrogen-bond donors (Lipinski definition) is 6. The van der Waals surface area contributed by atoms with Crippen LogP contribution in [0, 0.1) is 0 Å². The normalized spacial score (nSPS) is 26.4. The fourth-order valence-electron chi connectivity index (χ4n) is 6.86. The molecular formula is C36H39N3O10. The van der Waals surface area contributed by atoms with Gasteiger partial charge in [0.2, 0.25) is 5.78 Å². The van der Waals surface area contributed by atoms with Crippen LogP contribution in [0.1, 0.15) is 98.6 Å². The van der Waals surface area contributed by atoms with Crippen molar-refractivity contribution in [1.82, 2.24) is 5.43 Å². The summed E-state index contributed by atoms with van der Waals surface area (Å²) in [6, 6.07) is 10.7. The minimum absolute atomic E-state index is 0.0186. The van der Waals surface area contributed by atoms with Gasteiger partial charge >= 0.3 is 0 Å². The molecule has 3 aliphatic rings. The van der Waals surface area contributed by atoms with Crippen molar-refractivity contribution in [3.63, 3.8) is 0 Å². The minimum Gasteiger partial charge on any atom is -0.507 e. The Bertz CT molecular complexity index is 1860. The summed E-state index contributed by atoms with van der Waals surface area (Å²) < 4.78 is 17.5. The van der Waals surface area contributed by atoms with Gasteiger partial charge in [-0.05, 0) is 44.0 Å². The van der Waals surface area contributed by atoms with E-state index in [1.165, 1.54) is 32.2 Å². The van der Waals surface area contributed by atoms with E-state index in [-0.39, 0.29) is 53.0 Å². The third kappa shape index (κ3) is 5.87. The molecule has 258 valence electrons. The fraction of sp³-hybridized carbons (Fsp3) is 0.389. The summed E-state index contributed by atoms with van der Waals surface area (Å²) in [6.07, 6.45) is -3.71. The zero-order valence-electron chi connectivity index (χ0n) is 27.5.